The lowest BCUT2D eigenvalue weighted by Gasteiger charge is -1.94. The highest BCUT2D eigenvalue weighted by Crippen LogP contribution is 2.02. The van der Waals surface area contributed by atoms with E-state index in [-0.39, 0.29) is 0 Å². The van der Waals surface area contributed by atoms with Gasteiger partial charge in [-0.1, -0.05) is 20.8 Å². The number of hydrogen-bond acceptors (Lipinski definition) is 0. The van der Waals surface area contributed by atoms with Gasteiger partial charge in [0.2, 0.25) is 0 Å². The van der Waals surface area contributed by atoms with E-state index in [2.05, 4.69) is 27.2 Å². The number of hydrogen-bond donors (Lipinski definition) is 0. The minimum Gasteiger partial charge on any atom is -0.0622 e. The fourth-order valence-corrected chi connectivity index (χ4v) is 0.408. The molecule has 0 saturated carbocycles. The van der Waals surface area contributed by atoms with Gasteiger partial charge in [-0.3, -0.25) is 0 Å². The second-order valence-electron chi connectivity index (χ2n) is 1.82. The zero-order chi connectivity index (χ0) is 4.99. The Bertz CT molecular complexity index is 21.2. The zero-order valence-corrected chi connectivity index (χ0v) is 4.78. The second-order valence-corrected chi connectivity index (χ2v) is 1.82. The van der Waals surface area contributed by atoms with Crippen molar-refractivity contribution < 1.29 is 0 Å². The summed E-state index contributed by atoms with van der Waals surface area (Å²) >= 11 is 0. The van der Waals surface area contributed by atoms with Crippen LogP contribution in [0.25, 0.3) is 0 Å². The van der Waals surface area contributed by atoms with Crippen molar-refractivity contribution in [3.05, 3.63) is 12.3 Å². The van der Waals surface area contributed by atoms with Gasteiger partial charge < -0.3 is 0 Å². The predicted molar refractivity (Wildman–Crippen MR) is 29.2 cm³/mol. The molecule has 0 aromatic carbocycles. The minimum absolute atomic E-state index is 1.17. The third-order valence-corrected chi connectivity index (χ3v) is 0.612. The molecule has 0 aromatic heterocycles. The second kappa shape index (κ2) is 3.20. The summed E-state index contributed by atoms with van der Waals surface area (Å²) in [6, 6.07) is 0. The Labute approximate surface area is 40.6 Å². The highest BCUT2D eigenvalue weighted by Gasteiger charge is 1.86. The van der Waals surface area contributed by atoms with E-state index in [1.54, 1.807) is 0 Å². The van der Waals surface area contributed by atoms with Gasteiger partial charge in [-0.15, -0.1) is 0 Å². The summed E-state index contributed by atoms with van der Waals surface area (Å²) in [4.78, 5) is 0. The van der Waals surface area contributed by atoms with Crippen LogP contribution < -0.4 is 0 Å². The van der Waals surface area contributed by atoms with Crippen LogP contribution in [0.4, 0.5) is 0 Å². The monoisotopic (exact) mass is 84.1 g/mol. The maximum Gasteiger partial charge on any atom is -0.0300 e. The Morgan fingerprint density at radius 3 is 2.00 bits per heavy atom. The van der Waals surface area contributed by atoms with Crippen LogP contribution in [-0.4, -0.2) is 0 Å². The van der Waals surface area contributed by atoms with E-state index >= 15 is 0 Å². The molecule has 36 valence electrons. The molecule has 0 nitrogen and oxygen atoms in total. The van der Waals surface area contributed by atoms with E-state index in [0.29, 0.717) is 0 Å². The first-order valence-corrected chi connectivity index (χ1v) is 2.34. The van der Waals surface area contributed by atoms with Gasteiger partial charge >= 0.3 is 0 Å². The first-order chi connectivity index (χ1) is 2.77. The summed E-state index contributed by atoms with van der Waals surface area (Å²) in [7, 11) is 0. The van der Waals surface area contributed by atoms with E-state index in [4.69, 9.17) is 0 Å². The predicted octanol–water partition coefficient (Wildman–Crippen LogP) is 2.21. The summed E-state index contributed by atoms with van der Waals surface area (Å²) in [5, 5.41) is 0. The Morgan fingerprint density at radius 1 is 1.50 bits per heavy atom. The summed E-state index contributed by atoms with van der Waals surface area (Å²) < 4.78 is 0. The molecule has 0 saturated heterocycles. The average molecular weight is 84.2 g/mol. The molecule has 2 radical (unpaired) electrons. The number of rotatable bonds is 2. The largest absolute Gasteiger partial charge is 0.0622 e. The first-order valence-electron chi connectivity index (χ1n) is 2.34. The molecule has 0 heteroatoms. The SMILES string of the molecule is C[CH]C[C](C)C. The molecule has 0 fully saturated rings. The summed E-state index contributed by atoms with van der Waals surface area (Å²) in [6.45, 7) is 6.35. The average Bonchev–Trinajstić information content (AvgIpc) is 1.35. The molecule has 0 amide bonds. The van der Waals surface area contributed by atoms with Gasteiger partial charge in [-0.25, -0.2) is 0 Å². The van der Waals surface area contributed by atoms with Crippen LogP contribution in [0.1, 0.15) is 27.2 Å². The smallest absolute Gasteiger partial charge is 0.0300 e. The molecule has 0 rings (SSSR count). The molecular formula is C6H12. The summed E-state index contributed by atoms with van der Waals surface area (Å²) in [6.07, 6.45) is 3.33. The van der Waals surface area contributed by atoms with Gasteiger partial charge in [0.1, 0.15) is 0 Å². The Balaban J connectivity index is 2.63. The quantitative estimate of drug-likeness (QED) is 0.481. The van der Waals surface area contributed by atoms with E-state index < -0.39 is 0 Å². The molecule has 0 aliphatic heterocycles. The third kappa shape index (κ3) is 4.00. The van der Waals surface area contributed by atoms with E-state index in [1.807, 2.05) is 0 Å². The highest BCUT2D eigenvalue weighted by molar-refractivity contribution is 4.81. The fourth-order valence-electron chi connectivity index (χ4n) is 0.408. The van der Waals surface area contributed by atoms with Crippen molar-refractivity contribution in [2.75, 3.05) is 0 Å². The van der Waals surface area contributed by atoms with Crippen molar-refractivity contribution in [1.82, 2.24) is 0 Å². The third-order valence-electron chi connectivity index (χ3n) is 0.612. The molecule has 0 heterocycles. The lowest BCUT2D eigenvalue weighted by molar-refractivity contribution is 0.936. The van der Waals surface area contributed by atoms with Gasteiger partial charge in [-0.2, -0.15) is 0 Å². The van der Waals surface area contributed by atoms with Crippen molar-refractivity contribution in [1.29, 1.82) is 0 Å². The Kier molecular flexibility index (Phi) is 3.20. The molecule has 0 aliphatic carbocycles. The fraction of sp³-hybridized carbons (Fsp3) is 0.667. The van der Waals surface area contributed by atoms with Gasteiger partial charge in [0, 0.05) is 0 Å². The van der Waals surface area contributed by atoms with E-state index in [9.17, 15) is 0 Å². The lowest BCUT2D eigenvalue weighted by Crippen LogP contribution is -1.79. The van der Waals surface area contributed by atoms with E-state index in [0.717, 1.165) is 0 Å². The Morgan fingerprint density at radius 2 is 2.00 bits per heavy atom. The maximum atomic E-state index is 2.16. The van der Waals surface area contributed by atoms with Crippen molar-refractivity contribution >= 4 is 0 Å². The van der Waals surface area contributed by atoms with Crippen molar-refractivity contribution in [2.24, 2.45) is 0 Å². The summed E-state index contributed by atoms with van der Waals surface area (Å²) in [5.41, 5.74) is 0. The topological polar surface area (TPSA) is 0 Å². The van der Waals surface area contributed by atoms with Crippen molar-refractivity contribution in [2.45, 2.75) is 27.2 Å². The zero-order valence-electron chi connectivity index (χ0n) is 4.78. The molecule has 0 spiro atoms. The summed E-state index contributed by atoms with van der Waals surface area (Å²) in [5.74, 6) is 1.48. The molecule has 0 aliphatic rings. The minimum atomic E-state index is 1.17. The normalized spacial score (nSPS) is 10.0. The molecule has 0 bridgehead atoms. The van der Waals surface area contributed by atoms with Gasteiger partial charge in [0.05, 0.1) is 0 Å². The van der Waals surface area contributed by atoms with Gasteiger partial charge in [-0.05, 0) is 18.8 Å². The molecule has 0 atom stereocenters. The molecule has 6 heavy (non-hydrogen) atoms. The Hall–Kier alpha value is 0. The first kappa shape index (κ1) is 6.00. The van der Waals surface area contributed by atoms with Crippen LogP contribution in [-0.2, 0) is 0 Å². The molecule has 0 N–H and O–H groups in total. The van der Waals surface area contributed by atoms with Crippen LogP contribution in [0.2, 0.25) is 0 Å². The van der Waals surface area contributed by atoms with E-state index in [1.165, 1.54) is 12.3 Å². The van der Waals surface area contributed by atoms with Crippen LogP contribution >= 0.6 is 0 Å². The van der Waals surface area contributed by atoms with Crippen LogP contribution in [0.15, 0.2) is 0 Å². The molecule has 0 unspecified atom stereocenters. The van der Waals surface area contributed by atoms with Crippen LogP contribution in [0.5, 0.6) is 0 Å². The van der Waals surface area contributed by atoms with Gasteiger partial charge in [0.15, 0.2) is 0 Å². The maximum absolute atomic E-state index is 2.16. The molecule has 0 aromatic rings. The van der Waals surface area contributed by atoms with Crippen LogP contribution in [0, 0.1) is 12.3 Å². The lowest BCUT2D eigenvalue weighted by atomic mass is 10.1. The molecular weight excluding hydrogens is 72.1 g/mol. The van der Waals surface area contributed by atoms with Crippen molar-refractivity contribution in [3.63, 3.8) is 0 Å². The van der Waals surface area contributed by atoms with Crippen LogP contribution in [0.3, 0.4) is 0 Å². The standard InChI is InChI=1S/C6H12/c1-4-5-6(2)3/h4H,5H2,1-3H3. The van der Waals surface area contributed by atoms with Crippen molar-refractivity contribution in [3.8, 4) is 0 Å². The highest BCUT2D eigenvalue weighted by atomic mass is 13.9. The van der Waals surface area contributed by atoms with Gasteiger partial charge in [0.25, 0.3) is 0 Å².